The Kier molecular flexibility index (Phi) is 2.45. The first-order valence-electron chi connectivity index (χ1n) is 4.41. The summed E-state index contributed by atoms with van der Waals surface area (Å²) in [5.74, 6) is 0. The van der Waals surface area contributed by atoms with Crippen LogP contribution in [-0.4, -0.2) is 24.4 Å². The summed E-state index contributed by atoms with van der Waals surface area (Å²) in [4.78, 5) is 0. The van der Waals surface area contributed by atoms with E-state index in [0.717, 1.165) is 6.42 Å². The van der Waals surface area contributed by atoms with Crippen LogP contribution in [0.1, 0.15) is 26.7 Å². The average molecular weight is 175 g/mol. The van der Waals surface area contributed by atoms with Crippen LogP contribution >= 0.6 is 0 Å². The lowest BCUT2D eigenvalue weighted by atomic mass is 9.90. The Morgan fingerprint density at radius 3 is 2.33 bits per heavy atom. The van der Waals surface area contributed by atoms with Crippen LogP contribution in [0.5, 0.6) is 0 Å². The van der Waals surface area contributed by atoms with Crippen molar-refractivity contribution in [2.75, 3.05) is 13.2 Å². The van der Waals surface area contributed by atoms with Gasteiger partial charge < -0.3 is 10.8 Å². The van der Waals surface area contributed by atoms with Crippen molar-refractivity contribution in [2.24, 2.45) is 16.6 Å². The third kappa shape index (κ3) is 1.48. The molecule has 0 bridgehead atoms. The molecule has 3 heteroatoms. The van der Waals surface area contributed by atoms with Crippen LogP contribution < -0.4 is 5.73 Å². The smallest absolute Gasteiger partial charge is 0.115 e. The van der Waals surface area contributed by atoms with Gasteiger partial charge in [-0.15, -0.1) is 0 Å². The van der Waals surface area contributed by atoms with Crippen molar-refractivity contribution in [2.45, 2.75) is 32.8 Å². The highest BCUT2D eigenvalue weighted by Gasteiger charge is 2.60. The molecule has 1 fully saturated rings. The number of nitrogens with two attached hydrogens (primary N) is 1. The molecule has 3 N–H and O–H groups in total. The molecule has 0 aromatic heterocycles. The fraction of sp³-hybridized carbons (Fsp3) is 1.00. The Balaban J connectivity index is 2.50. The van der Waals surface area contributed by atoms with Gasteiger partial charge in [0.15, 0.2) is 0 Å². The molecule has 0 aromatic carbocycles. The van der Waals surface area contributed by atoms with E-state index < -0.39 is 12.8 Å². The third-order valence-electron chi connectivity index (χ3n) is 3.29. The van der Waals surface area contributed by atoms with Crippen LogP contribution in [0.3, 0.4) is 0 Å². The van der Waals surface area contributed by atoms with Gasteiger partial charge in [-0.05, 0) is 30.2 Å². The molecule has 0 radical (unpaired) electrons. The lowest BCUT2D eigenvalue weighted by Crippen LogP contribution is -2.27. The van der Waals surface area contributed by atoms with E-state index in [9.17, 15) is 4.39 Å². The van der Waals surface area contributed by atoms with Gasteiger partial charge in [-0.3, -0.25) is 0 Å². The standard InChI is InChI=1S/C9H18FNO/c1-8(2)5-9(8,6-11)3-7(12)4-10/h7,12H,3-6,11H2,1-2H3. The van der Waals surface area contributed by atoms with Gasteiger partial charge in [-0.1, -0.05) is 13.8 Å². The molecule has 12 heavy (non-hydrogen) atoms. The summed E-state index contributed by atoms with van der Waals surface area (Å²) in [5.41, 5.74) is 5.80. The zero-order chi connectivity index (χ0) is 9.41. The summed E-state index contributed by atoms with van der Waals surface area (Å²) in [6, 6.07) is 0. The van der Waals surface area contributed by atoms with Crippen molar-refractivity contribution >= 4 is 0 Å². The van der Waals surface area contributed by atoms with Crippen molar-refractivity contribution in [1.29, 1.82) is 0 Å². The van der Waals surface area contributed by atoms with Gasteiger partial charge in [0.05, 0.1) is 6.10 Å². The third-order valence-corrected chi connectivity index (χ3v) is 3.29. The summed E-state index contributed by atoms with van der Waals surface area (Å²) in [7, 11) is 0. The van der Waals surface area contributed by atoms with Crippen LogP contribution in [0, 0.1) is 10.8 Å². The molecule has 1 saturated carbocycles. The van der Waals surface area contributed by atoms with Crippen LogP contribution in [-0.2, 0) is 0 Å². The number of aliphatic hydroxyl groups excluding tert-OH is 1. The Labute approximate surface area is 73.0 Å². The quantitative estimate of drug-likeness (QED) is 0.671. The summed E-state index contributed by atoms with van der Waals surface area (Å²) < 4.78 is 12.0. The molecule has 1 rings (SSSR count). The predicted molar refractivity (Wildman–Crippen MR) is 46.5 cm³/mol. The topological polar surface area (TPSA) is 46.2 Å². The summed E-state index contributed by atoms with van der Waals surface area (Å²) in [5, 5.41) is 9.17. The van der Waals surface area contributed by atoms with Gasteiger partial charge >= 0.3 is 0 Å². The normalized spacial score (nSPS) is 34.8. The lowest BCUT2D eigenvalue weighted by molar-refractivity contribution is 0.0995. The Morgan fingerprint density at radius 2 is 2.08 bits per heavy atom. The zero-order valence-electron chi connectivity index (χ0n) is 7.81. The Hall–Kier alpha value is -0.150. The second kappa shape index (κ2) is 2.96. The highest BCUT2D eigenvalue weighted by molar-refractivity contribution is 5.10. The van der Waals surface area contributed by atoms with Crippen molar-refractivity contribution in [3.05, 3.63) is 0 Å². The van der Waals surface area contributed by atoms with Gasteiger partial charge in [0.2, 0.25) is 0 Å². The first-order chi connectivity index (χ1) is 5.47. The van der Waals surface area contributed by atoms with Gasteiger partial charge in [-0.25, -0.2) is 4.39 Å². The van der Waals surface area contributed by atoms with Gasteiger partial charge in [0, 0.05) is 0 Å². The fourth-order valence-corrected chi connectivity index (χ4v) is 2.09. The minimum atomic E-state index is -0.824. The van der Waals surface area contributed by atoms with Crippen molar-refractivity contribution in [3.63, 3.8) is 0 Å². The number of hydrogen-bond donors (Lipinski definition) is 2. The Bertz CT molecular complexity index is 172. The predicted octanol–water partition coefficient (Wildman–Crippen LogP) is 1.08. The summed E-state index contributed by atoms with van der Waals surface area (Å²) in [6.07, 6.45) is 0.691. The number of rotatable bonds is 4. The van der Waals surface area contributed by atoms with E-state index in [1.165, 1.54) is 0 Å². The molecular formula is C9H18FNO. The second-order valence-corrected chi connectivity index (χ2v) is 4.56. The number of halogens is 1. The maximum absolute atomic E-state index is 12.0. The van der Waals surface area contributed by atoms with Crippen LogP contribution in [0.2, 0.25) is 0 Å². The van der Waals surface area contributed by atoms with Crippen molar-refractivity contribution < 1.29 is 9.50 Å². The first kappa shape index (κ1) is 9.93. The van der Waals surface area contributed by atoms with E-state index in [-0.39, 0.29) is 10.8 Å². The van der Waals surface area contributed by atoms with Crippen LogP contribution in [0.4, 0.5) is 4.39 Å². The first-order valence-corrected chi connectivity index (χ1v) is 4.41. The average Bonchev–Trinajstić information content (AvgIpc) is 2.54. The zero-order valence-corrected chi connectivity index (χ0v) is 7.81. The molecule has 0 aliphatic heterocycles. The number of aliphatic hydroxyl groups is 1. The molecule has 0 saturated heterocycles. The molecule has 1 aliphatic carbocycles. The molecule has 1 aliphatic rings. The summed E-state index contributed by atoms with van der Waals surface area (Å²) in [6.45, 7) is 4.13. The van der Waals surface area contributed by atoms with E-state index in [1.54, 1.807) is 0 Å². The maximum Gasteiger partial charge on any atom is 0.115 e. The molecule has 0 amide bonds. The monoisotopic (exact) mass is 175 g/mol. The van der Waals surface area contributed by atoms with E-state index in [2.05, 4.69) is 13.8 Å². The second-order valence-electron chi connectivity index (χ2n) is 4.56. The highest BCUT2D eigenvalue weighted by atomic mass is 19.1. The number of hydrogen-bond acceptors (Lipinski definition) is 2. The minimum Gasteiger partial charge on any atom is -0.390 e. The van der Waals surface area contributed by atoms with Gasteiger partial charge in [0.25, 0.3) is 0 Å². The molecule has 0 heterocycles. The van der Waals surface area contributed by atoms with Crippen LogP contribution in [0.15, 0.2) is 0 Å². The lowest BCUT2D eigenvalue weighted by Gasteiger charge is -2.20. The largest absolute Gasteiger partial charge is 0.390 e. The molecule has 2 unspecified atom stereocenters. The number of alkyl halides is 1. The van der Waals surface area contributed by atoms with E-state index >= 15 is 0 Å². The summed E-state index contributed by atoms with van der Waals surface area (Å²) >= 11 is 0. The van der Waals surface area contributed by atoms with E-state index in [0.29, 0.717) is 13.0 Å². The maximum atomic E-state index is 12.0. The van der Waals surface area contributed by atoms with Crippen molar-refractivity contribution in [3.8, 4) is 0 Å². The van der Waals surface area contributed by atoms with Gasteiger partial charge in [0.1, 0.15) is 6.67 Å². The van der Waals surface area contributed by atoms with E-state index in [4.69, 9.17) is 10.8 Å². The fourth-order valence-electron chi connectivity index (χ4n) is 2.09. The van der Waals surface area contributed by atoms with Gasteiger partial charge in [-0.2, -0.15) is 0 Å². The van der Waals surface area contributed by atoms with E-state index in [1.807, 2.05) is 0 Å². The SMILES string of the molecule is CC1(C)CC1(CN)CC(O)CF. The van der Waals surface area contributed by atoms with Crippen LogP contribution in [0.25, 0.3) is 0 Å². The highest BCUT2D eigenvalue weighted by Crippen LogP contribution is 2.65. The Morgan fingerprint density at radius 1 is 1.58 bits per heavy atom. The molecule has 2 nitrogen and oxygen atoms in total. The molecule has 0 aromatic rings. The van der Waals surface area contributed by atoms with Crippen molar-refractivity contribution in [1.82, 2.24) is 0 Å². The molecule has 2 atom stereocenters. The molecule has 0 spiro atoms. The molecular weight excluding hydrogens is 157 g/mol. The minimum absolute atomic E-state index is 0.00148. The molecule has 72 valence electrons.